The molecule has 0 unspecified atom stereocenters. The van der Waals surface area contributed by atoms with Crippen LogP contribution in [0.5, 0.6) is 0 Å². The van der Waals surface area contributed by atoms with Gasteiger partial charge in [0.25, 0.3) is 5.56 Å². The minimum Gasteiger partial charge on any atom is -0.383 e. The van der Waals surface area contributed by atoms with Crippen molar-refractivity contribution in [2.75, 3.05) is 19.0 Å². The summed E-state index contributed by atoms with van der Waals surface area (Å²) in [7, 11) is 1.58. The molecule has 1 aromatic carbocycles. The topological polar surface area (TPSA) is 73.2 Å². The number of hydrogen-bond acceptors (Lipinski definition) is 4. The molecule has 0 aliphatic carbocycles. The highest BCUT2D eigenvalue weighted by Gasteiger charge is 2.07. The average molecular weight is 337 g/mol. The Balaban J connectivity index is 1.70. The van der Waals surface area contributed by atoms with Gasteiger partial charge in [-0.3, -0.25) is 14.6 Å². The second-order valence-electron chi connectivity index (χ2n) is 5.70. The van der Waals surface area contributed by atoms with Gasteiger partial charge in [0.1, 0.15) is 0 Å². The molecule has 0 aliphatic heterocycles. The number of ether oxygens (including phenoxy) is 1. The van der Waals surface area contributed by atoms with Gasteiger partial charge in [-0.25, -0.2) is 0 Å². The molecular weight excluding hydrogens is 318 g/mol. The van der Waals surface area contributed by atoms with E-state index in [1.165, 1.54) is 10.6 Å². The van der Waals surface area contributed by atoms with Gasteiger partial charge in [-0.1, -0.05) is 18.2 Å². The number of rotatable bonds is 6. The Bertz CT molecular complexity index is 950. The first-order chi connectivity index (χ1) is 12.2. The quantitative estimate of drug-likeness (QED) is 0.748. The van der Waals surface area contributed by atoms with Crippen LogP contribution in [0.3, 0.4) is 0 Å². The van der Waals surface area contributed by atoms with Crippen LogP contribution in [0.4, 0.5) is 5.69 Å². The van der Waals surface area contributed by atoms with Crippen molar-refractivity contribution in [3.63, 3.8) is 0 Å². The van der Waals surface area contributed by atoms with E-state index in [2.05, 4.69) is 10.3 Å². The Labute approximate surface area is 145 Å². The summed E-state index contributed by atoms with van der Waals surface area (Å²) in [5.41, 5.74) is 2.18. The van der Waals surface area contributed by atoms with E-state index in [0.29, 0.717) is 18.8 Å². The first kappa shape index (κ1) is 16.9. The summed E-state index contributed by atoms with van der Waals surface area (Å²) in [6.07, 6.45) is 3.55. The number of para-hydroxylation sites is 1. The minimum atomic E-state index is -0.158. The Hall–Kier alpha value is -2.99. The molecule has 0 bridgehead atoms. The summed E-state index contributed by atoms with van der Waals surface area (Å²) < 4.78 is 6.49. The van der Waals surface area contributed by atoms with Crippen molar-refractivity contribution < 1.29 is 9.53 Å². The molecule has 0 aliphatic rings. The number of pyridine rings is 2. The monoisotopic (exact) mass is 337 g/mol. The smallest absolute Gasteiger partial charge is 0.250 e. The number of methoxy groups -OCH3 is 1. The molecule has 2 aromatic heterocycles. The van der Waals surface area contributed by atoms with E-state index in [1.807, 2.05) is 30.3 Å². The van der Waals surface area contributed by atoms with E-state index in [1.54, 1.807) is 25.6 Å². The molecule has 0 spiro atoms. The molecule has 0 radical (unpaired) electrons. The highest BCUT2D eigenvalue weighted by molar-refractivity contribution is 5.92. The molecule has 0 atom stereocenters. The maximum atomic E-state index is 12.3. The predicted molar refractivity (Wildman–Crippen MR) is 96.7 cm³/mol. The van der Waals surface area contributed by atoms with Crippen molar-refractivity contribution in [3.8, 4) is 0 Å². The van der Waals surface area contributed by atoms with Crippen LogP contribution >= 0.6 is 0 Å². The molecule has 0 saturated carbocycles. The lowest BCUT2D eigenvalue weighted by molar-refractivity contribution is -0.115. The maximum Gasteiger partial charge on any atom is 0.250 e. The van der Waals surface area contributed by atoms with E-state index < -0.39 is 0 Å². The lowest BCUT2D eigenvalue weighted by Gasteiger charge is -2.09. The number of carbonyl (C=O) groups is 1. The molecule has 0 saturated heterocycles. The van der Waals surface area contributed by atoms with Crippen LogP contribution in [0.15, 0.2) is 59.7 Å². The zero-order chi connectivity index (χ0) is 17.6. The summed E-state index contributed by atoms with van der Waals surface area (Å²) in [4.78, 5) is 28.4. The number of anilines is 1. The van der Waals surface area contributed by atoms with E-state index in [9.17, 15) is 9.59 Å². The van der Waals surface area contributed by atoms with Crippen LogP contribution in [0.25, 0.3) is 10.9 Å². The second-order valence-corrected chi connectivity index (χ2v) is 5.70. The van der Waals surface area contributed by atoms with Crippen LogP contribution in [0.2, 0.25) is 0 Å². The van der Waals surface area contributed by atoms with Gasteiger partial charge >= 0.3 is 0 Å². The van der Waals surface area contributed by atoms with Gasteiger partial charge in [-0.2, -0.15) is 0 Å². The summed E-state index contributed by atoms with van der Waals surface area (Å²) >= 11 is 0. The molecule has 128 valence electrons. The molecule has 2 heterocycles. The average Bonchev–Trinajstić information content (AvgIpc) is 2.62. The van der Waals surface area contributed by atoms with Gasteiger partial charge < -0.3 is 14.6 Å². The SMILES string of the molecule is COCCn1cc(NC(=O)Cc2cnc3ccccc3c2)ccc1=O. The van der Waals surface area contributed by atoms with Crippen LogP contribution in [-0.4, -0.2) is 29.2 Å². The van der Waals surface area contributed by atoms with Crippen molar-refractivity contribution in [2.24, 2.45) is 0 Å². The van der Waals surface area contributed by atoms with E-state index in [0.717, 1.165) is 16.5 Å². The maximum absolute atomic E-state index is 12.3. The Morgan fingerprint density at radius 2 is 2.08 bits per heavy atom. The first-order valence-corrected chi connectivity index (χ1v) is 7.98. The second kappa shape index (κ2) is 7.72. The molecule has 25 heavy (non-hydrogen) atoms. The van der Waals surface area contributed by atoms with E-state index in [4.69, 9.17) is 4.74 Å². The normalized spacial score (nSPS) is 10.8. The van der Waals surface area contributed by atoms with Crippen LogP contribution in [0.1, 0.15) is 5.56 Å². The highest BCUT2D eigenvalue weighted by atomic mass is 16.5. The van der Waals surface area contributed by atoms with Crippen molar-refractivity contribution in [2.45, 2.75) is 13.0 Å². The molecule has 6 nitrogen and oxygen atoms in total. The van der Waals surface area contributed by atoms with Gasteiger partial charge in [0.15, 0.2) is 0 Å². The first-order valence-electron chi connectivity index (χ1n) is 7.98. The van der Waals surface area contributed by atoms with Gasteiger partial charge in [0, 0.05) is 37.5 Å². The predicted octanol–water partition coefficient (Wildman–Crippen LogP) is 2.22. The van der Waals surface area contributed by atoms with Crippen molar-refractivity contribution in [1.29, 1.82) is 0 Å². The molecule has 1 amide bonds. The number of carbonyl (C=O) groups excluding carboxylic acids is 1. The third kappa shape index (κ3) is 4.30. The van der Waals surface area contributed by atoms with Crippen LogP contribution in [-0.2, 0) is 22.5 Å². The number of nitrogens with one attached hydrogen (secondary N) is 1. The zero-order valence-corrected chi connectivity index (χ0v) is 13.9. The van der Waals surface area contributed by atoms with Crippen molar-refractivity contribution >= 4 is 22.5 Å². The molecule has 1 N–H and O–H groups in total. The fraction of sp³-hybridized carbons (Fsp3) is 0.211. The standard InChI is InChI=1S/C19H19N3O3/c1-25-9-8-22-13-16(6-7-19(22)24)21-18(23)11-14-10-15-4-2-3-5-17(15)20-12-14/h2-7,10,12-13H,8-9,11H2,1H3,(H,21,23). The van der Waals surface area contributed by atoms with Gasteiger partial charge in [-0.15, -0.1) is 0 Å². The minimum absolute atomic E-state index is 0.131. The molecule has 3 rings (SSSR count). The number of amides is 1. The van der Waals surface area contributed by atoms with Gasteiger partial charge in [0.2, 0.25) is 5.91 Å². The summed E-state index contributed by atoms with van der Waals surface area (Å²) in [5.74, 6) is -0.158. The van der Waals surface area contributed by atoms with E-state index in [-0.39, 0.29) is 17.9 Å². The van der Waals surface area contributed by atoms with E-state index >= 15 is 0 Å². The third-order valence-corrected chi connectivity index (χ3v) is 3.82. The number of fused-ring (bicyclic) bond motifs is 1. The molecule has 0 fully saturated rings. The lowest BCUT2D eigenvalue weighted by atomic mass is 10.1. The van der Waals surface area contributed by atoms with Gasteiger partial charge in [0.05, 0.1) is 24.2 Å². The third-order valence-electron chi connectivity index (χ3n) is 3.82. The fourth-order valence-corrected chi connectivity index (χ4v) is 2.57. The van der Waals surface area contributed by atoms with Gasteiger partial charge in [-0.05, 0) is 23.8 Å². The van der Waals surface area contributed by atoms with Crippen LogP contribution < -0.4 is 10.9 Å². The Kier molecular flexibility index (Phi) is 5.20. The van der Waals surface area contributed by atoms with Crippen LogP contribution in [0, 0.1) is 0 Å². The zero-order valence-electron chi connectivity index (χ0n) is 13.9. The molecule has 6 heteroatoms. The Morgan fingerprint density at radius 1 is 1.24 bits per heavy atom. The summed E-state index contributed by atoms with van der Waals surface area (Å²) in [6, 6.07) is 12.8. The number of nitrogens with zero attached hydrogens (tertiary/aromatic N) is 2. The molecule has 3 aromatic rings. The van der Waals surface area contributed by atoms with Crippen molar-refractivity contribution in [1.82, 2.24) is 9.55 Å². The summed E-state index contributed by atoms with van der Waals surface area (Å²) in [5, 5.41) is 3.82. The number of aromatic nitrogens is 2. The molecular formula is C19H19N3O3. The number of benzene rings is 1. The van der Waals surface area contributed by atoms with Crippen molar-refractivity contribution in [3.05, 3.63) is 70.8 Å². The fourth-order valence-electron chi connectivity index (χ4n) is 2.57. The summed E-state index contributed by atoms with van der Waals surface area (Å²) in [6.45, 7) is 0.869. The Morgan fingerprint density at radius 3 is 2.92 bits per heavy atom. The largest absolute Gasteiger partial charge is 0.383 e. The lowest BCUT2D eigenvalue weighted by Crippen LogP contribution is -2.22. The number of hydrogen-bond donors (Lipinski definition) is 1. The highest BCUT2D eigenvalue weighted by Crippen LogP contribution is 2.13.